The molecule has 1 aromatic rings. The third kappa shape index (κ3) is 4.56. The zero-order valence-corrected chi connectivity index (χ0v) is 14.0. The van der Waals surface area contributed by atoms with Gasteiger partial charge in [-0.05, 0) is 55.8 Å². The molecule has 2 rings (SSSR count). The topological polar surface area (TPSA) is 12.0 Å². The summed E-state index contributed by atoms with van der Waals surface area (Å²) in [6.07, 6.45) is 6.83. The van der Waals surface area contributed by atoms with Gasteiger partial charge in [-0.15, -0.1) is 0 Å². The van der Waals surface area contributed by atoms with E-state index in [2.05, 4.69) is 35.1 Å². The summed E-state index contributed by atoms with van der Waals surface area (Å²) in [5.74, 6) is 1.59. The van der Waals surface area contributed by atoms with E-state index in [1.807, 2.05) is 6.07 Å². The summed E-state index contributed by atoms with van der Waals surface area (Å²) in [5.41, 5.74) is 1.13. The molecule has 1 aliphatic carbocycles. The van der Waals surface area contributed by atoms with E-state index in [0.717, 1.165) is 28.4 Å². The van der Waals surface area contributed by atoms with Gasteiger partial charge in [0, 0.05) is 10.5 Å². The van der Waals surface area contributed by atoms with Gasteiger partial charge in [-0.3, -0.25) is 0 Å². The van der Waals surface area contributed by atoms with Crippen molar-refractivity contribution in [3.05, 3.63) is 34.1 Å². The Balaban J connectivity index is 1.78. The number of halogens is 2. The number of nitrogens with one attached hydrogen (secondary N) is 1. The van der Waals surface area contributed by atoms with Gasteiger partial charge < -0.3 is 5.32 Å². The molecule has 0 aliphatic heterocycles. The lowest BCUT2D eigenvalue weighted by Gasteiger charge is -2.27. The van der Waals surface area contributed by atoms with E-state index in [1.165, 1.54) is 44.2 Å². The Morgan fingerprint density at radius 3 is 2.90 bits per heavy atom. The van der Waals surface area contributed by atoms with Crippen molar-refractivity contribution < 1.29 is 4.39 Å². The van der Waals surface area contributed by atoms with Crippen LogP contribution in [0.3, 0.4) is 0 Å². The molecule has 20 heavy (non-hydrogen) atoms. The van der Waals surface area contributed by atoms with Crippen LogP contribution in [0.1, 0.15) is 57.6 Å². The summed E-state index contributed by atoms with van der Waals surface area (Å²) >= 11 is 3.44. The molecule has 0 aromatic heterocycles. The smallest absolute Gasteiger partial charge is 0.124 e. The number of hydrogen-bond acceptors (Lipinski definition) is 1. The summed E-state index contributed by atoms with van der Waals surface area (Å²) < 4.78 is 13.9. The van der Waals surface area contributed by atoms with Crippen molar-refractivity contribution >= 4 is 15.9 Å². The Bertz CT molecular complexity index is 435. The largest absolute Gasteiger partial charge is 0.310 e. The monoisotopic (exact) mass is 341 g/mol. The van der Waals surface area contributed by atoms with Gasteiger partial charge in [-0.25, -0.2) is 4.39 Å². The molecule has 112 valence electrons. The highest BCUT2D eigenvalue weighted by Crippen LogP contribution is 2.30. The predicted molar refractivity (Wildman–Crippen MR) is 86.3 cm³/mol. The normalized spacial score (nSPS) is 24.6. The summed E-state index contributed by atoms with van der Waals surface area (Å²) in [6.45, 7) is 5.56. The minimum absolute atomic E-state index is 0.191. The van der Waals surface area contributed by atoms with Gasteiger partial charge >= 0.3 is 0 Å². The van der Waals surface area contributed by atoms with Crippen LogP contribution in [0.25, 0.3) is 0 Å². The lowest BCUT2D eigenvalue weighted by molar-refractivity contribution is 0.265. The Labute approximate surface area is 130 Å². The first kappa shape index (κ1) is 16.0. The maximum absolute atomic E-state index is 13.1. The van der Waals surface area contributed by atoms with Crippen LogP contribution in [-0.4, -0.2) is 6.54 Å². The molecule has 3 heteroatoms. The standard InChI is InChI=1S/C17H25BrFN/c1-12-4-3-5-14(10-12)8-9-20-13(2)16-7-6-15(19)11-17(16)18/h6-7,11-14,20H,3-5,8-10H2,1-2H3. The Morgan fingerprint density at radius 2 is 2.20 bits per heavy atom. The molecule has 0 bridgehead atoms. The summed E-state index contributed by atoms with van der Waals surface area (Å²) in [7, 11) is 0. The Morgan fingerprint density at radius 1 is 1.40 bits per heavy atom. The predicted octanol–water partition coefficient (Wildman–Crippen LogP) is 5.46. The molecule has 0 saturated heterocycles. The number of benzene rings is 1. The third-order valence-electron chi connectivity index (χ3n) is 4.48. The van der Waals surface area contributed by atoms with E-state index in [9.17, 15) is 4.39 Å². The number of hydrogen-bond donors (Lipinski definition) is 1. The van der Waals surface area contributed by atoms with Crippen LogP contribution in [0.15, 0.2) is 22.7 Å². The summed E-state index contributed by atoms with van der Waals surface area (Å²) in [5, 5.41) is 3.57. The molecule has 0 heterocycles. The van der Waals surface area contributed by atoms with Crippen molar-refractivity contribution in [2.75, 3.05) is 6.54 Å². The molecule has 0 radical (unpaired) electrons. The second-order valence-electron chi connectivity index (χ2n) is 6.27. The highest BCUT2D eigenvalue weighted by atomic mass is 79.9. The lowest BCUT2D eigenvalue weighted by Crippen LogP contribution is -2.24. The third-order valence-corrected chi connectivity index (χ3v) is 5.16. The molecule has 1 aromatic carbocycles. The minimum atomic E-state index is -0.191. The highest BCUT2D eigenvalue weighted by molar-refractivity contribution is 9.10. The van der Waals surface area contributed by atoms with Gasteiger partial charge in [0.1, 0.15) is 5.82 Å². The van der Waals surface area contributed by atoms with Crippen molar-refractivity contribution in [1.29, 1.82) is 0 Å². The van der Waals surface area contributed by atoms with Gasteiger partial charge in [0.25, 0.3) is 0 Å². The summed E-state index contributed by atoms with van der Waals surface area (Å²) in [6, 6.07) is 5.18. The van der Waals surface area contributed by atoms with Crippen molar-refractivity contribution in [2.24, 2.45) is 11.8 Å². The molecule has 3 atom stereocenters. The van der Waals surface area contributed by atoms with Crippen LogP contribution in [0.4, 0.5) is 4.39 Å². The van der Waals surface area contributed by atoms with Gasteiger partial charge in [0.05, 0.1) is 0 Å². The molecule has 1 fully saturated rings. The first-order chi connectivity index (χ1) is 9.56. The van der Waals surface area contributed by atoms with Gasteiger partial charge in [0.2, 0.25) is 0 Å². The fourth-order valence-electron chi connectivity index (χ4n) is 3.29. The Hall–Kier alpha value is -0.410. The zero-order chi connectivity index (χ0) is 14.5. The van der Waals surface area contributed by atoms with Crippen LogP contribution >= 0.6 is 15.9 Å². The van der Waals surface area contributed by atoms with Crippen LogP contribution in [-0.2, 0) is 0 Å². The van der Waals surface area contributed by atoms with Gasteiger partial charge in [-0.2, -0.15) is 0 Å². The molecule has 1 nitrogen and oxygen atoms in total. The maximum atomic E-state index is 13.1. The second kappa shape index (κ2) is 7.56. The molecule has 0 amide bonds. The molecule has 0 spiro atoms. The molecule has 3 unspecified atom stereocenters. The van der Waals surface area contributed by atoms with Crippen molar-refractivity contribution in [2.45, 2.75) is 52.0 Å². The molecular formula is C17H25BrFN. The van der Waals surface area contributed by atoms with E-state index in [4.69, 9.17) is 0 Å². The molecule has 1 saturated carbocycles. The fraction of sp³-hybridized carbons (Fsp3) is 0.647. The minimum Gasteiger partial charge on any atom is -0.310 e. The zero-order valence-electron chi connectivity index (χ0n) is 12.5. The molecule has 1 aliphatic rings. The quantitative estimate of drug-likeness (QED) is 0.750. The maximum Gasteiger partial charge on any atom is 0.124 e. The number of rotatable bonds is 5. The van der Waals surface area contributed by atoms with Crippen LogP contribution in [0.2, 0.25) is 0 Å². The highest BCUT2D eigenvalue weighted by Gasteiger charge is 2.18. The van der Waals surface area contributed by atoms with Gasteiger partial charge in [0.15, 0.2) is 0 Å². The van der Waals surface area contributed by atoms with E-state index >= 15 is 0 Å². The van der Waals surface area contributed by atoms with E-state index in [-0.39, 0.29) is 11.9 Å². The average Bonchev–Trinajstić information content (AvgIpc) is 2.38. The van der Waals surface area contributed by atoms with Crippen LogP contribution < -0.4 is 5.32 Å². The van der Waals surface area contributed by atoms with Crippen molar-refractivity contribution in [1.82, 2.24) is 5.32 Å². The Kier molecular flexibility index (Phi) is 6.03. The average molecular weight is 342 g/mol. The lowest BCUT2D eigenvalue weighted by atomic mass is 9.81. The first-order valence-electron chi connectivity index (χ1n) is 7.74. The van der Waals surface area contributed by atoms with Gasteiger partial charge in [-0.1, -0.05) is 48.2 Å². The fourth-order valence-corrected chi connectivity index (χ4v) is 3.98. The second-order valence-corrected chi connectivity index (χ2v) is 7.12. The van der Waals surface area contributed by atoms with E-state index in [0.29, 0.717) is 0 Å². The molecular weight excluding hydrogens is 317 g/mol. The van der Waals surface area contributed by atoms with E-state index < -0.39 is 0 Å². The van der Waals surface area contributed by atoms with Crippen molar-refractivity contribution in [3.63, 3.8) is 0 Å². The first-order valence-corrected chi connectivity index (χ1v) is 8.54. The van der Waals surface area contributed by atoms with Crippen LogP contribution in [0.5, 0.6) is 0 Å². The molecule has 1 N–H and O–H groups in total. The van der Waals surface area contributed by atoms with E-state index in [1.54, 1.807) is 0 Å². The van der Waals surface area contributed by atoms with Crippen LogP contribution in [0, 0.1) is 17.7 Å². The summed E-state index contributed by atoms with van der Waals surface area (Å²) in [4.78, 5) is 0. The van der Waals surface area contributed by atoms with Crippen molar-refractivity contribution in [3.8, 4) is 0 Å². The SMILES string of the molecule is CC1CCCC(CCNC(C)c2ccc(F)cc2Br)C1.